The second kappa shape index (κ2) is 9.09. The first-order chi connectivity index (χ1) is 14.0. The highest BCUT2D eigenvalue weighted by atomic mass is 32.1. The molecular weight excluding hydrogens is 386 g/mol. The number of thiophene rings is 1. The lowest BCUT2D eigenvalue weighted by Gasteiger charge is -2.29. The number of nitrogens with zero attached hydrogens (tertiary/aromatic N) is 1. The molecule has 5 nitrogen and oxygen atoms in total. The predicted octanol–water partition coefficient (Wildman–Crippen LogP) is 4.33. The first-order valence-corrected chi connectivity index (χ1v) is 10.3. The average Bonchev–Trinajstić information content (AvgIpc) is 3.22. The fourth-order valence-corrected chi connectivity index (χ4v) is 4.42. The number of carbonyl (C=O) groups excluding carboxylic acids is 2. The Morgan fingerprint density at radius 3 is 2.03 bits per heavy atom. The minimum atomic E-state index is -0.505. The van der Waals surface area contributed by atoms with Crippen LogP contribution in [0.15, 0.2) is 59.9 Å². The van der Waals surface area contributed by atoms with Crippen molar-refractivity contribution in [2.75, 3.05) is 14.2 Å². The zero-order valence-electron chi connectivity index (χ0n) is 17.1. The molecule has 1 aromatic carbocycles. The Bertz CT molecular complexity index is 922. The number of ether oxygens (including phenoxy) is 2. The lowest BCUT2D eigenvalue weighted by molar-refractivity contribution is -0.137. The van der Waals surface area contributed by atoms with Crippen LogP contribution >= 0.6 is 11.3 Å². The van der Waals surface area contributed by atoms with Gasteiger partial charge in [-0.15, -0.1) is 11.3 Å². The summed E-state index contributed by atoms with van der Waals surface area (Å²) < 4.78 is 10.1. The summed E-state index contributed by atoms with van der Waals surface area (Å²) in [5, 5.41) is 0. The fraction of sp³-hybridized carbons (Fsp3) is 0.304. The lowest BCUT2D eigenvalue weighted by atomic mass is 9.88. The Kier molecular flexibility index (Phi) is 6.54. The van der Waals surface area contributed by atoms with Gasteiger partial charge in [0.15, 0.2) is 0 Å². The van der Waals surface area contributed by atoms with Gasteiger partial charge in [-0.3, -0.25) is 0 Å². The molecule has 0 fully saturated rings. The van der Waals surface area contributed by atoms with Crippen molar-refractivity contribution in [3.8, 4) is 0 Å². The molecule has 3 rings (SSSR count). The van der Waals surface area contributed by atoms with Gasteiger partial charge >= 0.3 is 11.9 Å². The third-order valence-electron chi connectivity index (χ3n) is 4.88. The van der Waals surface area contributed by atoms with Gasteiger partial charge in [0, 0.05) is 28.7 Å². The molecule has 152 valence electrons. The summed E-state index contributed by atoms with van der Waals surface area (Å²) in [6.45, 7) is 4.64. The van der Waals surface area contributed by atoms with Gasteiger partial charge in [-0.25, -0.2) is 9.59 Å². The molecule has 6 heteroatoms. The second-order valence-corrected chi connectivity index (χ2v) is 8.10. The van der Waals surface area contributed by atoms with Crippen molar-refractivity contribution in [1.29, 1.82) is 0 Å². The first-order valence-electron chi connectivity index (χ1n) is 9.46. The van der Waals surface area contributed by atoms with Crippen LogP contribution in [-0.2, 0) is 32.0 Å². The number of rotatable bonds is 6. The van der Waals surface area contributed by atoms with E-state index in [9.17, 15) is 9.59 Å². The number of benzene rings is 1. The second-order valence-electron chi connectivity index (χ2n) is 6.90. The number of hydrogen-bond acceptors (Lipinski definition) is 6. The van der Waals surface area contributed by atoms with Gasteiger partial charge in [0.05, 0.1) is 31.3 Å². The van der Waals surface area contributed by atoms with Crippen LogP contribution in [0.3, 0.4) is 0 Å². The summed E-state index contributed by atoms with van der Waals surface area (Å²) >= 11 is 1.59. The molecule has 2 aromatic rings. The number of methoxy groups -OCH3 is 2. The maximum Gasteiger partial charge on any atom is 0.336 e. The van der Waals surface area contributed by atoms with Gasteiger partial charge in [-0.1, -0.05) is 36.8 Å². The maximum atomic E-state index is 12.6. The Balaban J connectivity index is 2.04. The molecule has 1 aromatic heterocycles. The van der Waals surface area contributed by atoms with E-state index < -0.39 is 17.9 Å². The molecule has 0 amide bonds. The number of esters is 2. The summed E-state index contributed by atoms with van der Waals surface area (Å²) in [4.78, 5) is 29.2. The highest BCUT2D eigenvalue weighted by Gasteiger charge is 2.36. The van der Waals surface area contributed by atoms with E-state index in [1.807, 2.05) is 48.2 Å². The van der Waals surface area contributed by atoms with Gasteiger partial charge in [0.1, 0.15) is 0 Å². The van der Waals surface area contributed by atoms with Crippen LogP contribution in [0.25, 0.3) is 0 Å². The molecule has 0 bridgehead atoms. The van der Waals surface area contributed by atoms with E-state index >= 15 is 0 Å². The lowest BCUT2D eigenvalue weighted by Crippen LogP contribution is -2.28. The van der Waals surface area contributed by atoms with Crippen LogP contribution in [0.4, 0.5) is 0 Å². The SMILES string of the molecule is CCc1ccc(C2C(C(=O)OC)=CN(Cc3ccc(C)cc3)C=C2C(=O)OC)s1. The maximum absolute atomic E-state index is 12.6. The average molecular weight is 412 g/mol. The Hall–Kier alpha value is -2.86. The molecule has 0 unspecified atom stereocenters. The molecule has 0 aliphatic carbocycles. The van der Waals surface area contributed by atoms with Gasteiger partial charge in [-0.2, -0.15) is 0 Å². The normalized spacial score (nSPS) is 14.3. The van der Waals surface area contributed by atoms with Gasteiger partial charge in [-0.05, 0) is 31.0 Å². The van der Waals surface area contributed by atoms with Crippen molar-refractivity contribution in [1.82, 2.24) is 4.90 Å². The monoisotopic (exact) mass is 411 g/mol. The first kappa shape index (κ1) is 20.9. The zero-order chi connectivity index (χ0) is 21.0. The number of aryl methyl sites for hydroxylation is 2. The summed E-state index contributed by atoms with van der Waals surface area (Å²) in [5.41, 5.74) is 3.09. The van der Waals surface area contributed by atoms with Crippen molar-refractivity contribution in [2.24, 2.45) is 0 Å². The quantitative estimate of drug-likeness (QED) is 0.662. The minimum Gasteiger partial charge on any atom is -0.466 e. The summed E-state index contributed by atoms with van der Waals surface area (Å²) in [5.74, 6) is -1.41. The molecule has 1 aliphatic rings. The van der Waals surface area contributed by atoms with Crippen molar-refractivity contribution >= 4 is 23.3 Å². The smallest absolute Gasteiger partial charge is 0.336 e. The standard InChI is InChI=1S/C23H25NO4S/c1-5-17-10-11-20(29-17)21-18(22(25)27-3)13-24(14-19(21)23(26)28-4)12-16-8-6-15(2)7-9-16/h6-11,13-14,21H,5,12H2,1-4H3. The van der Waals surface area contributed by atoms with Crippen LogP contribution in [0.5, 0.6) is 0 Å². The topological polar surface area (TPSA) is 55.8 Å². The Morgan fingerprint density at radius 1 is 0.966 bits per heavy atom. The van der Waals surface area contributed by atoms with Crippen LogP contribution in [0.2, 0.25) is 0 Å². The molecule has 0 saturated heterocycles. The summed E-state index contributed by atoms with van der Waals surface area (Å²) in [6, 6.07) is 12.1. The number of carbonyl (C=O) groups is 2. The molecule has 0 saturated carbocycles. The summed E-state index contributed by atoms with van der Waals surface area (Å²) in [7, 11) is 2.71. The van der Waals surface area contributed by atoms with Crippen LogP contribution in [-0.4, -0.2) is 31.1 Å². The third-order valence-corrected chi connectivity index (χ3v) is 6.17. The minimum absolute atomic E-state index is 0.423. The molecule has 0 radical (unpaired) electrons. The van der Waals surface area contributed by atoms with Gasteiger partial charge < -0.3 is 14.4 Å². The molecule has 2 heterocycles. The molecule has 29 heavy (non-hydrogen) atoms. The van der Waals surface area contributed by atoms with E-state index in [2.05, 4.69) is 6.92 Å². The van der Waals surface area contributed by atoms with E-state index in [1.54, 1.807) is 23.7 Å². The molecular formula is C23H25NO4S. The Labute approximate surface area is 175 Å². The van der Waals surface area contributed by atoms with E-state index in [1.165, 1.54) is 24.7 Å². The van der Waals surface area contributed by atoms with Crippen LogP contribution in [0.1, 0.15) is 33.7 Å². The highest BCUT2D eigenvalue weighted by molar-refractivity contribution is 7.12. The zero-order valence-corrected chi connectivity index (χ0v) is 17.9. The van der Waals surface area contributed by atoms with Crippen molar-refractivity contribution in [2.45, 2.75) is 32.7 Å². The van der Waals surface area contributed by atoms with E-state index in [0.717, 1.165) is 16.9 Å². The summed E-state index contributed by atoms with van der Waals surface area (Å²) in [6.07, 6.45) is 4.44. The van der Waals surface area contributed by atoms with E-state index in [0.29, 0.717) is 17.7 Å². The fourth-order valence-electron chi connectivity index (χ4n) is 3.33. The Morgan fingerprint density at radius 2 is 1.55 bits per heavy atom. The largest absolute Gasteiger partial charge is 0.466 e. The van der Waals surface area contributed by atoms with Gasteiger partial charge in [0.25, 0.3) is 0 Å². The van der Waals surface area contributed by atoms with E-state index in [4.69, 9.17) is 9.47 Å². The van der Waals surface area contributed by atoms with Crippen LogP contribution < -0.4 is 0 Å². The highest BCUT2D eigenvalue weighted by Crippen LogP contribution is 2.40. The van der Waals surface area contributed by atoms with Gasteiger partial charge in [0.2, 0.25) is 0 Å². The van der Waals surface area contributed by atoms with Crippen molar-refractivity contribution in [3.63, 3.8) is 0 Å². The molecule has 0 N–H and O–H groups in total. The van der Waals surface area contributed by atoms with E-state index in [-0.39, 0.29) is 0 Å². The van der Waals surface area contributed by atoms with Crippen LogP contribution in [0, 0.1) is 6.92 Å². The number of hydrogen-bond donors (Lipinski definition) is 0. The third kappa shape index (κ3) is 4.59. The molecule has 1 aliphatic heterocycles. The van der Waals surface area contributed by atoms with Crippen molar-refractivity contribution < 1.29 is 19.1 Å². The molecule has 0 atom stereocenters. The van der Waals surface area contributed by atoms with Crippen molar-refractivity contribution in [3.05, 3.63) is 80.8 Å². The predicted molar refractivity (Wildman–Crippen MR) is 113 cm³/mol. The molecule has 0 spiro atoms.